The Bertz CT molecular complexity index is 986. The van der Waals surface area contributed by atoms with E-state index in [0.29, 0.717) is 17.5 Å². The largest absolute Gasteiger partial charge is 0.497 e. The predicted molar refractivity (Wildman–Crippen MR) is 104 cm³/mol. The number of fused-ring (bicyclic) bond motifs is 1. The lowest BCUT2D eigenvalue weighted by Gasteiger charge is -2.11. The van der Waals surface area contributed by atoms with Crippen LogP contribution in [0.1, 0.15) is 21.7 Å². The first kappa shape index (κ1) is 18.7. The number of hydrazine groups is 1. The Kier molecular flexibility index (Phi) is 5.56. The molecular formula is C19H18FN3O3S. The van der Waals surface area contributed by atoms with Gasteiger partial charge in [-0.25, -0.2) is 4.39 Å². The molecule has 3 aromatic rings. The second kappa shape index (κ2) is 8.05. The fourth-order valence-corrected chi connectivity index (χ4v) is 2.69. The van der Waals surface area contributed by atoms with Crippen molar-refractivity contribution in [1.82, 2.24) is 16.2 Å². The third-order valence-corrected chi connectivity index (χ3v) is 4.27. The zero-order chi connectivity index (χ0) is 19.4. The average molecular weight is 387 g/mol. The summed E-state index contributed by atoms with van der Waals surface area (Å²) in [6.07, 6.45) is 0. The van der Waals surface area contributed by atoms with Crippen molar-refractivity contribution in [3.05, 3.63) is 65.2 Å². The molecule has 1 heterocycles. The molecule has 1 aromatic heterocycles. The summed E-state index contributed by atoms with van der Waals surface area (Å²) in [7, 11) is 1.60. The lowest BCUT2D eigenvalue weighted by Crippen LogP contribution is -2.46. The van der Waals surface area contributed by atoms with E-state index >= 15 is 0 Å². The first-order valence-electron chi connectivity index (χ1n) is 8.14. The number of para-hydroxylation sites is 1. The van der Waals surface area contributed by atoms with E-state index in [1.54, 1.807) is 26.2 Å². The van der Waals surface area contributed by atoms with Crippen LogP contribution in [0.15, 0.2) is 46.9 Å². The van der Waals surface area contributed by atoms with Gasteiger partial charge in [0.25, 0.3) is 0 Å². The molecule has 0 aliphatic heterocycles. The maximum absolute atomic E-state index is 13.8. The van der Waals surface area contributed by atoms with Gasteiger partial charge in [0.15, 0.2) is 22.3 Å². The molecule has 3 N–H and O–H groups in total. The number of aryl methyl sites for hydroxylation is 1. The minimum atomic E-state index is -0.545. The Balaban J connectivity index is 1.56. The van der Waals surface area contributed by atoms with Gasteiger partial charge in [-0.05, 0) is 42.9 Å². The highest BCUT2D eigenvalue weighted by Gasteiger charge is 2.19. The number of hydrogen-bond acceptors (Lipinski definition) is 4. The quantitative estimate of drug-likeness (QED) is 0.472. The smallest absolute Gasteiger partial charge is 0.305 e. The van der Waals surface area contributed by atoms with Crippen LogP contribution in [0.5, 0.6) is 5.75 Å². The molecule has 0 bridgehead atoms. The Morgan fingerprint density at radius 2 is 1.93 bits per heavy atom. The molecule has 0 aliphatic carbocycles. The van der Waals surface area contributed by atoms with Crippen molar-refractivity contribution in [2.75, 3.05) is 7.11 Å². The Morgan fingerprint density at radius 1 is 1.19 bits per heavy atom. The lowest BCUT2D eigenvalue weighted by atomic mass is 10.1. The summed E-state index contributed by atoms with van der Waals surface area (Å²) in [6, 6.07) is 12.0. The molecule has 0 saturated carbocycles. The zero-order valence-corrected chi connectivity index (χ0v) is 15.6. The van der Waals surface area contributed by atoms with Crippen LogP contribution in [0, 0.1) is 12.7 Å². The topological polar surface area (TPSA) is 75.5 Å². The van der Waals surface area contributed by atoms with Gasteiger partial charge in [0, 0.05) is 17.5 Å². The number of carbonyl (C=O) groups is 1. The average Bonchev–Trinajstić information content (AvgIpc) is 3.03. The number of amides is 1. The first-order valence-corrected chi connectivity index (χ1v) is 8.55. The van der Waals surface area contributed by atoms with Gasteiger partial charge in [-0.1, -0.05) is 24.3 Å². The zero-order valence-electron chi connectivity index (χ0n) is 14.8. The summed E-state index contributed by atoms with van der Waals surface area (Å²) in [5, 5.41) is 3.76. The molecule has 8 heteroatoms. The highest BCUT2D eigenvalue weighted by Crippen LogP contribution is 2.27. The van der Waals surface area contributed by atoms with Crippen molar-refractivity contribution >= 4 is 34.2 Å². The van der Waals surface area contributed by atoms with E-state index in [2.05, 4.69) is 16.2 Å². The van der Waals surface area contributed by atoms with Crippen LogP contribution < -0.4 is 20.9 Å². The second-order valence-corrected chi connectivity index (χ2v) is 6.19. The Morgan fingerprint density at radius 3 is 2.59 bits per heavy atom. The minimum absolute atomic E-state index is 0.0283. The minimum Gasteiger partial charge on any atom is -0.497 e. The van der Waals surface area contributed by atoms with Crippen LogP contribution in [-0.4, -0.2) is 18.1 Å². The normalized spacial score (nSPS) is 10.5. The maximum atomic E-state index is 13.8. The van der Waals surface area contributed by atoms with Gasteiger partial charge in [0.2, 0.25) is 0 Å². The second-order valence-electron chi connectivity index (χ2n) is 5.78. The lowest BCUT2D eigenvalue weighted by molar-refractivity contribution is 0.0917. The molecule has 6 nitrogen and oxygen atoms in total. The van der Waals surface area contributed by atoms with Crippen molar-refractivity contribution < 1.29 is 18.3 Å². The molecular weight excluding hydrogens is 369 g/mol. The number of furan rings is 1. The van der Waals surface area contributed by atoms with E-state index in [9.17, 15) is 9.18 Å². The number of nitrogens with one attached hydrogen (secondary N) is 3. The number of methoxy groups -OCH3 is 1. The third kappa shape index (κ3) is 4.17. The third-order valence-electron chi connectivity index (χ3n) is 4.02. The van der Waals surface area contributed by atoms with Crippen LogP contribution >= 0.6 is 12.2 Å². The molecule has 2 aromatic carbocycles. The van der Waals surface area contributed by atoms with Gasteiger partial charge < -0.3 is 14.5 Å². The van der Waals surface area contributed by atoms with Crippen LogP contribution in [0.25, 0.3) is 11.0 Å². The summed E-state index contributed by atoms with van der Waals surface area (Å²) in [6.45, 7) is 2.17. The standard InChI is InChI=1S/C19H18FN3O3S/c1-11-14-4-3-5-15(20)17(14)26-16(11)18(24)22-23-19(27)21-10-12-6-8-13(25-2)9-7-12/h3-9H,10H2,1-2H3,(H,22,24)(H2,21,23,27). The first-order chi connectivity index (χ1) is 13.0. The highest BCUT2D eigenvalue weighted by molar-refractivity contribution is 7.80. The summed E-state index contributed by atoms with van der Waals surface area (Å²) in [5.41, 5.74) is 6.66. The fraction of sp³-hybridized carbons (Fsp3) is 0.158. The molecule has 0 unspecified atom stereocenters. The van der Waals surface area contributed by atoms with E-state index in [0.717, 1.165) is 11.3 Å². The van der Waals surface area contributed by atoms with E-state index in [1.807, 2.05) is 24.3 Å². The monoisotopic (exact) mass is 387 g/mol. The Hall–Kier alpha value is -3.13. The number of ether oxygens (including phenoxy) is 1. The van der Waals surface area contributed by atoms with Crippen LogP contribution in [0.3, 0.4) is 0 Å². The van der Waals surface area contributed by atoms with Gasteiger partial charge in [-0.15, -0.1) is 0 Å². The molecule has 0 spiro atoms. The van der Waals surface area contributed by atoms with Crippen molar-refractivity contribution in [2.24, 2.45) is 0 Å². The van der Waals surface area contributed by atoms with E-state index < -0.39 is 11.7 Å². The van der Waals surface area contributed by atoms with E-state index in [4.69, 9.17) is 21.4 Å². The van der Waals surface area contributed by atoms with Gasteiger partial charge in [0.05, 0.1) is 7.11 Å². The molecule has 0 atom stereocenters. The molecule has 140 valence electrons. The molecule has 0 saturated heterocycles. The maximum Gasteiger partial charge on any atom is 0.305 e. The highest BCUT2D eigenvalue weighted by atomic mass is 32.1. The van der Waals surface area contributed by atoms with Crippen LogP contribution in [0.4, 0.5) is 4.39 Å². The molecule has 0 aliphatic rings. The summed E-state index contributed by atoms with van der Waals surface area (Å²) in [5.74, 6) is -0.263. The number of halogens is 1. The number of hydrogen-bond donors (Lipinski definition) is 3. The molecule has 3 rings (SSSR count). The van der Waals surface area contributed by atoms with Crippen molar-refractivity contribution in [2.45, 2.75) is 13.5 Å². The van der Waals surface area contributed by atoms with E-state index in [1.165, 1.54) is 6.07 Å². The van der Waals surface area contributed by atoms with Crippen molar-refractivity contribution in [3.63, 3.8) is 0 Å². The Labute approximate surface area is 160 Å². The molecule has 27 heavy (non-hydrogen) atoms. The number of rotatable bonds is 4. The van der Waals surface area contributed by atoms with E-state index in [-0.39, 0.29) is 16.5 Å². The fourth-order valence-electron chi connectivity index (χ4n) is 2.57. The predicted octanol–water partition coefficient (Wildman–Crippen LogP) is 3.20. The summed E-state index contributed by atoms with van der Waals surface area (Å²) >= 11 is 5.14. The van der Waals surface area contributed by atoms with Gasteiger partial charge in [0.1, 0.15) is 5.75 Å². The number of benzene rings is 2. The van der Waals surface area contributed by atoms with Crippen LogP contribution in [0.2, 0.25) is 0 Å². The molecule has 0 radical (unpaired) electrons. The van der Waals surface area contributed by atoms with Crippen molar-refractivity contribution in [1.29, 1.82) is 0 Å². The van der Waals surface area contributed by atoms with Gasteiger partial charge in [-0.3, -0.25) is 15.6 Å². The summed E-state index contributed by atoms with van der Waals surface area (Å²) < 4.78 is 24.3. The van der Waals surface area contributed by atoms with Gasteiger partial charge >= 0.3 is 5.91 Å². The molecule has 1 amide bonds. The van der Waals surface area contributed by atoms with Crippen LogP contribution in [-0.2, 0) is 6.54 Å². The molecule has 0 fully saturated rings. The number of carbonyl (C=O) groups excluding carboxylic acids is 1. The van der Waals surface area contributed by atoms with Crippen molar-refractivity contribution in [3.8, 4) is 5.75 Å². The number of thiocarbonyl (C=S) groups is 1. The summed E-state index contributed by atoms with van der Waals surface area (Å²) in [4.78, 5) is 12.3. The van der Waals surface area contributed by atoms with Gasteiger partial charge in [-0.2, -0.15) is 0 Å². The SMILES string of the molecule is COc1ccc(CNC(=S)NNC(=O)c2oc3c(F)cccc3c2C)cc1.